The second-order valence-corrected chi connectivity index (χ2v) is 7.00. The van der Waals surface area contributed by atoms with Crippen molar-refractivity contribution in [2.75, 3.05) is 23.7 Å². The molecule has 0 saturated carbocycles. The number of hydrogen-bond acceptors (Lipinski definition) is 3. The van der Waals surface area contributed by atoms with E-state index < -0.39 is 10.0 Å². The molecule has 0 aliphatic carbocycles. The predicted molar refractivity (Wildman–Crippen MR) is 82.0 cm³/mol. The number of benzene rings is 1. The molecule has 1 aromatic carbocycles. The highest BCUT2D eigenvalue weighted by Crippen LogP contribution is 2.28. The van der Waals surface area contributed by atoms with E-state index in [1.54, 1.807) is 19.1 Å². The maximum Gasteiger partial charge on any atom is 0.223 e. The average Bonchev–Trinajstić information content (AvgIpc) is 2.35. The fraction of sp³-hybridized carbons (Fsp3) is 0.417. The first kappa shape index (κ1) is 17.2. The number of amides is 1. The maximum absolute atomic E-state index is 11.7. The number of rotatable bonds is 6. The van der Waals surface area contributed by atoms with Gasteiger partial charge in [0.2, 0.25) is 15.9 Å². The summed E-state index contributed by atoms with van der Waals surface area (Å²) in [6.07, 6.45) is 0. The SMILES string of the molecule is CCS(=O)(=O)NCCN(C(C)=O)c1ccc(Cl)cc1Cl. The van der Waals surface area contributed by atoms with Crippen LogP contribution >= 0.6 is 23.2 Å². The first-order chi connectivity index (χ1) is 9.26. The molecule has 1 amide bonds. The smallest absolute Gasteiger partial charge is 0.223 e. The van der Waals surface area contributed by atoms with Crippen LogP contribution in [0.4, 0.5) is 5.69 Å². The molecule has 0 atom stereocenters. The van der Waals surface area contributed by atoms with Crippen molar-refractivity contribution in [2.45, 2.75) is 13.8 Å². The number of nitrogens with zero attached hydrogens (tertiary/aromatic N) is 1. The minimum Gasteiger partial charge on any atom is -0.310 e. The minimum atomic E-state index is -3.28. The van der Waals surface area contributed by atoms with Gasteiger partial charge in [-0.25, -0.2) is 13.1 Å². The number of halogens is 2. The molecule has 0 bridgehead atoms. The summed E-state index contributed by atoms with van der Waals surface area (Å²) < 4.78 is 25.1. The van der Waals surface area contributed by atoms with Crippen molar-refractivity contribution in [1.29, 1.82) is 0 Å². The number of carbonyl (C=O) groups excluding carboxylic acids is 1. The summed E-state index contributed by atoms with van der Waals surface area (Å²) in [7, 11) is -3.28. The number of anilines is 1. The van der Waals surface area contributed by atoms with Gasteiger partial charge in [-0.15, -0.1) is 0 Å². The fourth-order valence-electron chi connectivity index (χ4n) is 1.56. The van der Waals surface area contributed by atoms with E-state index in [0.717, 1.165) is 0 Å². The van der Waals surface area contributed by atoms with Crippen LogP contribution in [-0.4, -0.2) is 33.2 Å². The molecule has 0 fully saturated rings. The Kier molecular flexibility index (Phi) is 6.26. The van der Waals surface area contributed by atoms with Gasteiger partial charge in [-0.1, -0.05) is 23.2 Å². The Hall–Kier alpha value is -0.820. The lowest BCUT2D eigenvalue weighted by molar-refractivity contribution is -0.116. The lowest BCUT2D eigenvalue weighted by atomic mass is 10.2. The van der Waals surface area contributed by atoms with E-state index in [2.05, 4.69) is 4.72 Å². The number of nitrogens with one attached hydrogen (secondary N) is 1. The molecule has 0 heterocycles. The summed E-state index contributed by atoms with van der Waals surface area (Å²) in [5.74, 6) is -0.237. The summed E-state index contributed by atoms with van der Waals surface area (Å²) in [5.41, 5.74) is 0.499. The van der Waals surface area contributed by atoms with Gasteiger partial charge in [0.05, 0.1) is 16.5 Å². The van der Waals surface area contributed by atoms with E-state index in [-0.39, 0.29) is 24.7 Å². The van der Waals surface area contributed by atoms with Crippen LogP contribution in [0.2, 0.25) is 10.0 Å². The minimum absolute atomic E-state index is 0.00519. The van der Waals surface area contributed by atoms with Gasteiger partial charge in [0, 0.05) is 25.0 Å². The number of hydrogen-bond donors (Lipinski definition) is 1. The van der Waals surface area contributed by atoms with Crippen molar-refractivity contribution in [3.63, 3.8) is 0 Å². The Labute approximate surface area is 128 Å². The molecule has 5 nitrogen and oxygen atoms in total. The summed E-state index contributed by atoms with van der Waals surface area (Å²) in [4.78, 5) is 13.1. The van der Waals surface area contributed by atoms with Crippen LogP contribution < -0.4 is 9.62 Å². The van der Waals surface area contributed by atoms with Crippen LogP contribution in [0.5, 0.6) is 0 Å². The Balaban J connectivity index is 2.83. The van der Waals surface area contributed by atoms with Gasteiger partial charge in [0.25, 0.3) is 0 Å². The van der Waals surface area contributed by atoms with Crippen molar-refractivity contribution in [1.82, 2.24) is 4.72 Å². The fourth-order valence-corrected chi connectivity index (χ4v) is 2.68. The van der Waals surface area contributed by atoms with Gasteiger partial charge >= 0.3 is 0 Å². The van der Waals surface area contributed by atoms with Crippen molar-refractivity contribution < 1.29 is 13.2 Å². The molecule has 20 heavy (non-hydrogen) atoms. The third-order valence-corrected chi connectivity index (χ3v) is 4.56. The molecular formula is C12H16Cl2N2O3S. The van der Waals surface area contributed by atoms with Crippen LogP contribution in [0.25, 0.3) is 0 Å². The number of carbonyl (C=O) groups is 1. The molecule has 0 aromatic heterocycles. The quantitative estimate of drug-likeness (QED) is 0.865. The first-order valence-electron chi connectivity index (χ1n) is 5.97. The van der Waals surface area contributed by atoms with Gasteiger partial charge in [-0.2, -0.15) is 0 Å². The van der Waals surface area contributed by atoms with E-state index in [1.807, 2.05) is 0 Å². The zero-order chi connectivity index (χ0) is 15.3. The summed E-state index contributed by atoms with van der Waals surface area (Å²) in [6.45, 7) is 3.24. The van der Waals surface area contributed by atoms with Crippen LogP contribution in [0.15, 0.2) is 18.2 Å². The third kappa shape index (κ3) is 4.94. The summed E-state index contributed by atoms with van der Waals surface area (Å²) >= 11 is 11.9. The van der Waals surface area contributed by atoms with Gasteiger partial charge in [-0.3, -0.25) is 4.79 Å². The molecule has 1 aromatic rings. The molecule has 0 unspecified atom stereocenters. The largest absolute Gasteiger partial charge is 0.310 e. The third-order valence-electron chi connectivity index (χ3n) is 2.62. The van der Waals surface area contributed by atoms with Crippen molar-refractivity contribution in [2.24, 2.45) is 0 Å². The van der Waals surface area contributed by atoms with Crippen molar-refractivity contribution in [3.05, 3.63) is 28.2 Å². The molecule has 8 heteroatoms. The molecule has 0 aliphatic heterocycles. The molecule has 1 rings (SSSR count). The standard InChI is InChI=1S/C12H16Cl2N2O3S/c1-3-20(18,19)15-6-7-16(9(2)17)12-5-4-10(13)8-11(12)14/h4-5,8,15H,3,6-7H2,1-2H3. The van der Waals surface area contributed by atoms with Gasteiger partial charge in [-0.05, 0) is 25.1 Å². The zero-order valence-electron chi connectivity index (χ0n) is 11.2. The van der Waals surface area contributed by atoms with E-state index in [1.165, 1.54) is 17.9 Å². The summed E-state index contributed by atoms with van der Waals surface area (Å²) in [6, 6.07) is 4.78. The van der Waals surface area contributed by atoms with E-state index in [9.17, 15) is 13.2 Å². The Morgan fingerprint density at radius 2 is 2.00 bits per heavy atom. The van der Waals surface area contributed by atoms with Crippen LogP contribution in [0.1, 0.15) is 13.8 Å². The van der Waals surface area contributed by atoms with E-state index in [0.29, 0.717) is 15.7 Å². The topological polar surface area (TPSA) is 66.5 Å². The molecule has 0 radical (unpaired) electrons. The predicted octanol–water partition coefficient (Wildman–Crippen LogP) is 2.29. The van der Waals surface area contributed by atoms with Gasteiger partial charge < -0.3 is 4.90 Å². The Morgan fingerprint density at radius 3 is 2.50 bits per heavy atom. The Morgan fingerprint density at radius 1 is 1.35 bits per heavy atom. The molecule has 112 valence electrons. The highest BCUT2D eigenvalue weighted by Gasteiger charge is 2.16. The van der Waals surface area contributed by atoms with Crippen molar-refractivity contribution in [3.8, 4) is 0 Å². The Bertz CT molecular complexity index is 590. The van der Waals surface area contributed by atoms with Crippen LogP contribution in [0, 0.1) is 0 Å². The molecule has 1 N–H and O–H groups in total. The monoisotopic (exact) mass is 338 g/mol. The highest BCUT2D eigenvalue weighted by atomic mass is 35.5. The lowest BCUT2D eigenvalue weighted by Crippen LogP contribution is -2.38. The maximum atomic E-state index is 11.7. The van der Waals surface area contributed by atoms with Gasteiger partial charge in [0.15, 0.2) is 0 Å². The van der Waals surface area contributed by atoms with E-state index in [4.69, 9.17) is 23.2 Å². The molecule has 0 saturated heterocycles. The second kappa shape index (κ2) is 7.26. The van der Waals surface area contributed by atoms with Crippen molar-refractivity contribution >= 4 is 44.8 Å². The highest BCUT2D eigenvalue weighted by molar-refractivity contribution is 7.89. The molecular weight excluding hydrogens is 323 g/mol. The molecule has 0 aliphatic rings. The molecule has 0 spiro atoms. The normalized spacial score (nSPS) is 11.4. The van der Waals surface area contributed by atoms with Gasteiger partial charge in [0.1, 0.15) is 0 Å². The number of sulfonamides is 1. The van der Waals surface area contributed by atoms with Crippen LogP contribution in [-0.2, 0) is 14.8 Å². The average molecular weight is 339 g/mol. The van der Waals surface area contributed by atoms with E-state index >= 15 is 0 Å². The summed E-state index contributed by atoms with van der Waals surface area (Å²) in [5, 5.41) is 0.806. The second-order valence-electron chi connectivity index (χ2n) is 4.06. The van der Waals surface area contributed by atoms with Crippen LogP contribution in [0.3, 0.4) is 0 Å². The lowest BCUT2D eigenvalue weighted by Gasteiger charge is -2.22. The first-order valence-corrected chi connectivity index (χ1v) is 8.38. The zero-order valence-corrected chi connectivity index (χ0v) is 13.5.